The Morgan fingerprint density at radius 2 is 0.671 bits per heavy atom. The van der Waals surface area contributed by atoms with Crippen molar-refractivity contribution in [3.63, 3.8) is 0 Å². The highest BCUT2D eigenvalue weighted by atomic mass is 35.7. The Bertz CT molecular complexity index is 4160. The average molecular weight is 2400 g/mol. The molecule has 2 rings (SSSR count). The predicted molar refractivity (Wildman–Crippen MR) is 482 cm³/mol. The number of nitrogens with two attached hydrogens (primary N) is 1. The first-order valence-corrected chi connectivity index (χ1v) is 57.0. The van der Waals surface area contributed by atoms with Gasteiger partial charge in [0, 0.05) is 93.3 Å². The standard InChI is InChI=1S/C20H37F8N2O5PS.C16H26F8NO6PS.C14H23F8NO3S.C12H17ClF8O2S.C6H15N.C3H9N.C2H4ClO3P.C2H7NO.C2H3N/c1-17(2,21)14-16(15-18(22,19(23,24)25)20(26,27)28)8-6-13-37(33,34)29-9-11-35-36(31,32)12-7-10-30(3,4)5;1-13(2,17)10-12(11-14(18,15(19,20)21)16(22,23)24)4-3-9-33(27,28)25-5-6-29-32(26)30-7-8-31-32;1-11(2,15)8-10(4-3-7-27(25,26)23-5-6-24)9-12(16,13(17,18)19)14(20,21)22;1-9(2,14)6-8(4-3-5-24(13,22)23)7-10(15,11(16,17)18)12(19,20)21;1-4-7(5-2)6-3;1-4(2)3;3-7(4)5-1-2-6-7;3-1-2-4;1-2-3/h16,29H,6-15H2,1-5H3;12,25H,3-11H2,1-2H3;10,23-24H,3-9H2,1-2H3;8H,3-7H2,1-2H3;4-6H2,1-3H3;1-3H3;1-2H2;4H,1-3H2;1H3. The van der Waals surface area contributed by atoms with Gasteiger partial charge >= 0.3 is 64.2 Å². The molecule has 2 aliphatic rings. The Balaban J connectivity index is -0.000000328. The quantitative estimate of drug-likeness (QED) is 0.0108. The van der Waals surface area contributed by atoms with Gasteiger partial charge in [0.05, 0.1) is 110 Å². The maximum atomic E-state index is 14.2. The molecule has 0 radical (unpaired) electrons. The van der Waals surface area contributed by atoms with E-state index in [-0.39, 0.29) is 39.1 Å². The monoisotopic (exact) mass is 2400 g/mol. The van der Waals surface area contributed by atoms with Gasteiger partial charge in [-0.15, -0.1) is 0 Å². The fourth-order valence-corrected chi connectivity index (χ4v) is 19.9. The molecule has 0 aromatic carbocycles. The Morgan fingerprint density at radius 3 is 0.856 bits per heavy atom. The number of halogens is 34. The Labute approximate surface area is 842 Å². The number of sulfonamides is 3. The summed E-state index contributed by atoms with van der Waals surface area (Å²) < 4.78 is 579. The van der Waals surface area contributed by atoms with Crippen molar-refractivity contribution in [2.45, 2.75) is 287 Å². The second-order valence-electron chi connectivity index (χ2n) is 36.6. The van der Waals surface area contributed by atoms with Crippen LogP contribution in [0.1, 0.15) is 192 Å². The van der Waals surface area contributed by atoms with Crippen LogP contribution in [0.25, 0.3) is 0 Å². The van der Waals surface area contributed by atoms with Crippen molar-refractivity contribution in [1.29, 1.82) is 5.26 Å². The van der Waals surface area contributed by atoms with Crippen LogP contribution in [0.2, 0.25) is 0 Å². The maximum absolute atomic E-state index is 14.2. The van der Waals surface area contributed by atoms with Crippen LogP contribution < -0.4 is 24.8 Å². The van der Waals surface area contributed by atoms with Gasteiger partial charge in [-0.05, 0) is 197 Å². The van der Waals surface area contributed by atoms with Crippen molar-refractivity contribution in [1.82, 2.24) is 24.0 Å². The summed E-state index contributed by atoms with van der Waals surface area (Å²) >= 11 is 5.08. The van der Waals surface area contributed by atoms with E-state index in [4.69, 9.17) is 61.2 Å². The van der Waals surface area contributed by atoms with E-state index < -0.39 is 332 Å². The van der Waals surface area contributed by atoms with E-state index in [1.54, 1.807) is 6.07 Å². The lowest BCUT2D eigenvalue weighted by Gasteiger charge is -2.34. The second-order valence-corrected chi connectivity index (χ2v) is 51.5. The van der Waals surface area contributed by atoms with E-state index in [0.29, 0.717) is 37.2 Å². The minimum absolute atomic E-state index is 0.0305. The number of aliphatic hydroxyl groups excluding tert-OH is 2. The fourth-order valence-electron chi connectivity index (χ4n) is 12.6. The zero-order chi connectivity index (χ0) is 117. The number of quaternary nitrogens is 1. The van der Waals surface area contributed by atoms with Crippen LogP contribution in [0.3, 0.4) is 0 Å². The van der Waals surface area contributed by atoms with Gasteiger partial charge in [-0.25, -0.2) is 92.1 Å². The van der Waals surface area contributed by atoms with E-state index in [0.717, 1.165) is 55.4 Å². The average Bonchev–Trinajstić information content (AvgIpc) is 0.791. The van der Waals surface area contributed by atoms with Gasteiger partial charge < -0.3 is 44.2 Å². The number of nitrogens with zero attached hydrogens (tertiary/aromatic N) is 4. The number of hydrogen-bond acceptors (Lipinski definition) is 24. The summed E-state index contributed by atoms with van der Waals surface area (Å²) in [6, 6.07) is 1.75. The second kappa shape index (κ2) is 66.4. The SMILES string of the molecule is CC#N.CC(C)(F)CC(CCCS(=O)(=O)Cl)CC(F)(C(F)(F)F)C(F)(F)F.CC(C)(F)CC(CCCS(=O)(=O)NCCO)CC(F)(C(F)(F)F)C(F)(F)F.CC(C)(F)CC(CCCS(=O)(=O)NCCOP(=O)([O-])CCC[N+](C)(C)C)CC(F)(C(F)(F)F)C(F)(F)F.CC(C)(F)CC(CCCS(=O)(=O)NCCOP1(=O)OCCO1)CC(F)(C(F)(F)F)C(F)(F)F.CCN(CC)CC.CN(C)C.NCCO.O=P1(Cl)OCCO1. The largest absolute Gasteiger partial charge is 0.778 e. The number of hydrogen-bond donors (Lipinski definition) is 6. The van der Waals surface area contributed by atoms with Gasteiger partial charge in [0.2, 0.25) is 39.1 Å². The molecule has 2 saturated heterocycles. The highest BCUT2D eigenvalue weighted by molar-refractivity contribution is 8.13. The molecule has 2 heterocycles. The zero-order valence-electron chi connectivity index (χ0n) is 83.6. The smallest absolute Gasteiger partial charge is 0.474 e. The maximum Gasteiger partial charge on any atom is 0.474 e. The van der Waals surface area contributed by atoms with Gasteiger partial charge in [-0.3, -0.25) is 22.6 Å². The van der Waals surface area contributed by atoms with Crippen molar-refractivity contribution < 1.29 is 235 Å². The van der Waals surface area contributed by atoms with Crippen molar-refractivity contribution >= 4 is 83.4 Å². The number of nitriles is 1. The van der Waals surface area contributed by atoms with Crippen LogP contribution in [0.15, 0.2) is 0 Å². The van der Waals surface area contributed by atoms with E-state index in [2.05, 4.69) is 34.7 Å². The molecule has 0 aromatic heterocycles. The lowest BCUT2D eigenvalue weighted by Crippen LogP contribution is -2.54. The minimum Gasteiger partial charge on any atom is -0.778 e. The zero-order valence-corrected chi connectivity index (χ0v) is 91.1. The minimum atomic E-state index is -6.30. The molecule has 69 heteroatoms. The normalized spacial score (nSPS) is 16.6. The number of phosphoric acid groups is 1. The third-order valence-electron chi connectivity index (χ3n) is 18.8. The van der Waals surface area contributed by atoms with E-state index in [1.165, 1.54) is 26.6 Å². The van der Waals surface area contributed by atoms with Gasteiger partial charge in [0.15, 0.2) is 0 Å². The molecule has 5 unspecified atom stereocenters. The molecule has 0 aromatic rings. The molecular formula is C77H141Cl2F32N8O20P3S4. The third kappa shape index (κ3) is 74.7. The number of aliphatic hydroxyl groups is 2. The summed E-state index contributed by atoms with van der Waals surface area (Å²) in [4.78, 5) is 16.2. The predicted octanol–water partition coefficient (Wildman–Crippen LogP) is 20.5. The lowest BCUT2D eigenvalue weighted by molar-refractivity contribution is -0.870. The number of rotatable bonds is 53. The summed E-state index contributed by atoms with van der Waals surface area (Å²) in [5, 5.41) is 23.6. The van der Waals surface area contributed by atoms with Gasteiger partial charge in [0.25, 0.3) is 22.7 Å². The molecule has 2 aliphatic heterocycles. The highest BCUT2D eigenvalue weighted by Gasteiger charge is 2.76. The van der Waals surface area contributed by atoms with E-state index in [1.807, 2.05) is 61.4 Å². The molecule has 0 aliphatic carbocycles. The van der Waals surface area contributed by atoms with Crippen LogP contribution >= 0.6 is 44.3 Å². The topological polar surface area (TPSA) is 399 Å². The first-order chi connectivity index (χ1) is 64.6. The third-order valence-corrected chi connectivity index (χ3v) is 28.9. The molecule has 146 heavy (non-hydrogen) atoms. The first-order valence-electron chi connectivity index (χ1n) is 44.0. The van der Waals surface area contributed by atoms with E-state index in [9.17, 15) is 193 Å². The van der Waals surface area contributed by atoms with Crippen molar-refractivity contribution in [3.8, 4) is 6.07 Å². The molecule has 7 N–H and O–H groups in total. The molecular weight excluding hydrogens is 2260 g/mol. The van der Waals surface area contributed by atoms with Gasteiger partial charge in [-0.1, -0.05) is 20.8 Å². The molecule has 0 spiro atoms. The fraction of sp³-hybridized carbons (Fsp3) is 0.987. The first kappa shape index (κ1) is 157. The van der Waals surface area contributed by atoms with Crippen molar-refractivity contribution in [2.75, 3.05) is 177 Å². The van der Waals surface area contributed by atoms with E-state index >= 15 is 0 Å². The van der Waals surface area contributed by atoms with Gasteiger partial charge in [-0.2, -0.15) is 111 Å². The summed E-state index contributed by atoms with van der Waals surface area (Å²) in [5.74, 6) is -9.82. The molecule has 28 nitrogen and oxygen atoms in total. The Kier molecular flexibility index (Phi) is 71.2. The molecule has 2 fully saturated rings. The van der Waals surface area contributed by atoms with Crippen LogP contribution in [0.4, 0.5) is 140 Å². The van der Waals surface area contributed by atoms with Crippen LogP contribution in [-0.4, -0.2) is 330 Å². The number of phosphoric ester groups is 1. The van der Waals surface area contributed by atoms with Crippen LogP contribution in [0, 0.1) is 35.0 Å². The summed E-state index contributed by atoms with van der Waals surface area (Å²) in [5.41, 5.74) is -26.2. The molecule has 886 valence electrons. The number of nitrogens with one attached hydrogen (secondary N) is 3. The van der Waals surface area contributed by atoms with Gasteiger partial charge in [0.1, 0.15) is 30.3 Å². The molecule has 5 atom stereocenters. The van der Waals surface area contributed by atoms with Crippen LogP contribution in [0.5, 0.6) is 0 Å². The molecule has 0 bridgehead atoms. The number of alkyl halides is 32. The van der Waals surface area contributed by atoms with Crippen molar-refractivity contribution in [2.24, 2.45) is 29.4 Å². The Hall–Kier alpha value is -2.32. The summed E-state index contributed by atoms with van der Waals surface area (Å²) in [6.45, 7) is 14.9. The Morgan fingerprint density at radius 1 is 0.445 bits per heavy atom. The highest BCUT2D eigenvalue weighted by Crippen LogP contribution is 2.59. The van der Waals surface area contributed by atoms with Crippen LogP contribution in [-0.2, 0) is 80.0 Å². The molecule has 0 saturated carbocycles. The lowest BCUT2D eigenvalue weighted by atomic mass is 9.82. The van der Waals surface area contributed by atoms with Crippen molar-refractivity contribution in [3.05, 3.63) is 0 Å². The molecule has 0 amide bonds. The summed E-state index contributed by atoms with van der Waals surface area (Å²) in [6.07, 6.45) is -65.9. The summed E-state index contributed by atoms with van der Waals surface area (Å²) in [7, 11) is -7.61.